The summed E-state index contributed by atoms with van der Waals surface area (Å²) in [6, 6.07) is 0. The number of rotatable bonds is 6. The number of hydrogen-bond acceptors (Lipinski definition) is 5. The summed E-state index contributed by atoms with van der Waals surface area (Å²) in [7, 11) is -0.363. The fourth-order valence-corrected chi connectivity index (χ4v) is 3.26. The smallest absolute Gasteiger partial charge is 0.262 e. The van der Waals surface area contributed by atoms with E-state index >= 15 is 0 Å². The number of hydrogen-bond donors (Lipinski definition) is 1. The Labute approximate surface area is 106 Å². The van der Waals surface area contributed by atoms with E-state index in [1.165, 1.54) is 15.2 Å². The lowest BCUT2D eigenvalue weighted by Crippen LogP contribution is -2.30. The molecule has 1 aromatic heterocycles. The maximum Gasteiger partial charge on any atom is 0.262 e. The van der Waals surface area contributed by atoms with E-state index in [1.807, 2.05) is 6.26 Å². The van der Waals surface area contributed by atoms with Crippen molar-refractivity contribution in [3.8, 4) is 0 Å². The van der Waals surface area contributed by atoms with E-state index in [0.717, 1.165) is 12.2 Å². The van der Waals surface area contributed by atoms with Gasteiger partial charge in [0.15, 0.2) is 10.8 Å². The molecule has 8 heteroatoms. The number of aromatic nitrogens is 2. The van der Waals surface area contributed by atoms with Gasteiger partial charge in [-0.1, -0.05) is 0 Å². The zero-order chi connectivity index (χ0) is 13.1. The van der Waals surface area contributed by atoms with Crippen molar-refractivity contribution < 1.29 is 8.42 Å². The van der Waals surface area contributed by atoms with Crippen LogP contribution in [0.5, 0.6) is 0 Å². The average Bonchev–Trinajstić information content (AvgIpc) is 2.59. The largest absolute Gasteiger partial charge is 0.381 e. The lowest BCUT2D eigenvalue weighted by molar-refractivity contribution is 0.464. The first kappa shape index (κ1) is 14.3. The van der Waals surface area contributed by atoms with Crippen molar-refractivity contribution in [3.05, 3.63) is 6.33 Å². The minimum atomic E-state index is -3.54. The number of sulfonamides is 1. The third kappa shape index (κ3) is 3.14. The molecule has 6 nitrogen and oxygen atoms in total. The van der Waals surface area contributed by atoms with Crippen LogP contribution in [0.15, 0.2) is 11.4 Å². The van der Waals surface area contributed by atoms with E-state index in [9.17, 15) is 8.42 Å². The van der Waals surface area contributed by atoms with Gasteiger partial charge in [0, 0.05) is 20.6 Å². The molecule has 0 radical (unpaired) electrons. The third-order valence-corrected chi connectivity index (χ3v) is 5.07. The second-order valence-electron chi connectivity index (χ2n) is 3.72. The minimum absolute atomic E-state index is 0.0456. The maximum atomic E-state index is 12.2. The van der Waals surface area contributed by atoms with Crippen molar-refractivity contribution in [1.29, 1.82) is 0 Å². The van der Waals surface area contributed by atoms with Gasteiger partial charge in [-0.2, -0.15) is 16.1 Å². The number of nitrogens with zero attached hydrogens (tertiary/aromatic N) is 3. The predicted octanol–water partition coefficient (Wildman–Crippen LogP) is 0.376. The van der Waals surface area contributed by atoms with Crippen LogP contribution in [0.25, 0.3) is 0 Å². The molecule has 0 saturated heterocycles. The average molecular weight is 278 g/mol. The zero-order valence-electron chi connectivity index (χ0n) is 10.3. The van der Waals surface area contributed by atoms with Crippen LogP contribution >= 0.6 is 11.8 Å². The number of nitrogens with two attached hydrogens (primary N) is 1. The molecule has 0 spiro atoms. The Hall–Kier alpha value is -0.730. The first-order valence-corrected chi connectivity index (χ1v) is 7.96. The van der Waals surface area contributed by atoms with Crippen LogP contribution in [0.3, 0.4) is 0 Å². The molecular formula is C9H18N4O2S2. The Kier molecular flexibility index (Phi) is 4.84. The highest BCUT2D eigenvalue weighted by Crippen LogP contribution is 2.19. The highest BCUT2D eigenvalue weighted by Gasteiger charge is 2.26. The molecule has 0 saturated carbocycles. The minimum Gasteiger partial charge on any atom is -0.381 e. The molecular weight excluding hydrogens is 260 g/mol. The van der Waals surface area contributed by atoms with E-state index in [4.69, 9.17) is 5.73 Å². The molecule has 1 heterocycles. The fraction of sp³-hybridized carbons (Fsp3) is 0.667. The lowest BCUT2D eigenvalue weighted by atomic mass is 10.5. The van der Waals surface area contributed by atoms with Gasteiger partial charge >= 0.3 is 0 Å². The summed E-state index contributed by atoms with van der Waals surface area (Å²) in [6.45, 7) is 0.480. The highest BCUT2D eigenvalue weighted by atomic mass is 32.2. The van der Waals surface area contributed by atoms with Crippen molar-refractivity contribution in [3.63, 3.8) is 0 Å². The van der Waals surface area contributed by atoms with Crippen molar-refractivity contribution in [2.75, 3.05) is 31.3 Å². The topological polar surface area (TPSA) is 81.2 Å². The monoisotopic (exact) mass is 278 g/mol. The van der Waals surface area contributed by atoms with Crippen molar-refractivity contribution >= 4 is 27.6 Å². The van der Waals surface area contributed by atoms with Crippen molar-refractivity contribution in [2.45, 2.75) is 11.4 Å². The summed E-state index contributed by atoms with van der Waals surface area (Å²) in [6.07, 6.45) is 4.21. The van der Waals surface area contributed by atoms with Crippen LogP contribution in [0, 0.1) is 0 Å². The molecule has 0 aromatic carbocycles. The third-order valence-electron chi connectivity index (χ3n) is 2.39. The van der Waals surface area contributed by atoms with Gasteiger partial charge in [0.2, 0.25) is 0 Å². The molecule has 0 atom stereocenters. The Balaban J connectivity index is 2.88. The Bertz CT molecular complexity index is 450. The SMILES string of the molecule is CSCCCN(C)S(=O)(=O)c1c(N)ncn1C. The molecule has 0 aliphatic carbocycles. The van der Waals surface area contributed by atoms with Gasteiger partial charge in [-0.15, -0.1) is 0 Å². The van der Waals surface area contributed by atoms with E-state index in [-0.39, 0.29) is 10.8 Å². The van der Waals surface area contributed by atoms with E-state index in [2.05, 4.69) is 4.98 Å². The number of aryl methyl sites for hydroxylation is 1. The molecule has 0 aliphatic heterocycles. The maximum absolute atomic E-state index is 12.2. The Morgan fingerprint density at radius 3 is 2.71 bits per heavy atom. The number of imidazole rings is 1. The van der Waals surface area contributed by atoms with E-state index < -0.39 is 10.0 Å². The molecule has 0 aliphatic rings. The summed E-state index contributed by atoms with van der Waals surface area (Å²) < 4.78 is 27.2. The summed E-state index contributed by atoms with van der Waals surface area (Å²) in [5.74, 6) is 0.977. The molecule has 17 heavy (non-hydrogen) atoms. The molecule has 0 bridgehead atoms. The first-order chi connectivity index (χ1) is 7.91. The number of nitrogen functional groups attached to an aromatic ring is 1. The molecule has 1 aromatic rings. The molecule has 98 valence electrons. The first-order valence-electron chi connectivity index (χ1n) is 5.13. The van der Waals surface area contributed by atoms with Gasteiger partial charge in [-0.3, -0.25) is 0 Å². The second kappa shape index (κ2) is 5.74. The second-order valence-corrected chi connectivity index (χ2v) is 6.66. The number of anilines is 1. The van der Waals surface area contributed by atoms with Gasteiger partial charge < -0.3 is 10.3 Å². The van der Waals surface area contributed by atoms with E-state index in [0.29, 0.717) is 6.54 Å². The van der Waals surface area contributed by atoms with Gasteiger partial charge in [-0.25, -0.2) is 13.4 Å². The molecule has 2 N–H and O–H groups in total. The van der Waals surface area contributed by atoms with Crippen LogP contribution < -0.4 is 5.73 Å². The lowest BCUT2D eigenvalue weighted by Gasteiger charge is -2.17. The number of thioether (sulfide) groups is 1. The molecule has 1 rings (SSSR count). The molecule has 0 unspecified atom stereocenters. The van der Waals surface area contributed by atoms with Gasteiger partial charge in [0.05, 0.1) is 6.33 Å². The van der Waals surface area contributed by atoms with Gasteiger partial charge in [0.25, 0.3) is 10.0 Å². The zero-order valence-corrected chi connectivity index (χ0v) is 11.9. The van der Waals surface area contributed by atoms with Crippen LogP contribution in [-0.2, 0) is 17.1 Å². The van der Waals surface area contributed by atoms with Crippen molar-refractivity contribution in [2.24, 2.45) is 7.05 Å². The van der Waals surface area contributed by atoms with Crippen LogP contribution in [0.2, 0.25) is 0 Å². The summed E-state index contributed by atoms with van der Waals surface area (Å²) >= 11 is 1.69. The normalized spacial score (nSPS) is 12.2. The predicted molar refractivity (Wildman–Crippen MR) is 70.4 cm³/mol. The molecule has 0 fully saturated rings. The quantitative estimate of drug-likeness (QED) is 0.761. The van der Waals surface area contributed by atoms with Crippen LogP contribution in [-0.4, -0.2) is 47.9 Å². The van der Waals surface area contributed by atoms with Gasteiger partial charge in [-0.05, 0) is 18.4 Å². The highest BCUT2D eigenvalue weighted by molar-refractivity contribution is 7.98. The van der Waals surface area contributed by atoms with Crippen LogP contribution in [0.1, 0.15) is 6.42 Å². The van der Waals surface area contributed by atoms with Crippen molar-refractivity contribution in [1.82, 2.24) is 13.9 Å². The Morgan fingerprint density at radius 2 is 2.24 bits per heavy atom. The fourth-order valence-electron chi connectivity index (χ4n) is 1.45. The standard InChI is InChI=1S/C9H18N4O2S2/c1-12-7-11-8(10)9(12)17(14,15)13(2)5-4-6-16-3/h7H,4-6,10H2,1-3H3. The summed E-state index contributed by atoms with van der Waals surface area (Å²) in [5, 5.41) is 0.0594. The van der Waals surface area contributed by atoms with Gasteiger partial charge in [0.1, 0.15) is 0 Å². The molecule has 0 amide bonds. The summed E-state index contributed by atoms with van der Waals surface area (Å²) in [4.78, 5) is 3.79. The van der Waals surface area contributed by atoms with E-state index in [1.54, 1.807) is 25.9 Å². The summed E-state index contributed by atoms with van der Waals surface area (Å²) in [5.41, 5.74) is 5.58. The van der Waals surface area contributed by atoms with Crippen LogP contribution in [0.4, 0.5) is 5.82 Å². The Morgan fingerprint density at radius 1 is 1.59 bits per heavy atom.